The molecular formula is C10H13ClO6. The van der Waals surface area contributed by atoms with Crippen molar-refractivity contribution in [3.8, 4) is 0 Å². The maximum atomic E-state index is 11.3. The van der Waals surface area contributed by atoms with Crippen molar-refractivity contribution in [2.24, 2.45) is 0 Å². The Morgan fingerprint density at radius 1 is 1.53 bits per heavy atom. The van der Waals surface area contributed by atoms with E-state index in [1.165, 1.54) is 13.2 Å². The van der Waals surface area contributed by atoms with Gasteiger partial charge < -0.3 is 19.7 Å². The Labute approximate surface area is 103 Å². The maximum absolute atomic E-state index is 11.3. The van der Waals surface area contributed by atoms with Crippen LogP contribution in [0.1, 0.15) is 6.42 Å². The highest BCUT2D eigenvalue weighted by Gasteiger charge is 2.35. The van der Waals surface area contributed by atoms with Crippen molar-refractivity contribution >= 4 is 23.5 Å². The van der Waals surface area contributed by atoms with Gasteiger partial charge in [-0.15, -0.1) is 11.6 Å². The van der Waals surface area contributed by atoms with Gasteiger partial charge in [0.1, 0.15) is 24.2 Å². The first-order chi connectivity index (χ1) is 7.99. The molecule has 0 spiro atoms. The zero-order chi connectivity index (χ0) is 13.0. The van der Waals surface area contributed by atoms with Gasteiger partial charge in [0.15, 0.2) is 0 Å². The highest BCUT2D eigenvalue weighted by molar-refractivity contribution is 6.26. The fourth-order valence-corrected chi connectivity index (χ4v) is 1.59. The Bertz CT molecular complexity index is 340. The molecular weight excluding hydrogens is 252 g/mol. The van der Waals surface area contributed by atoms with Crippen molar-refractivity contribution in [2.45, 2.75) is 24.7 Å². The summed E-state index contributed by atoms with van der Waals surface area (Å²) < 4.78 is 9.30. The first kappa shape index (κ1) is 14.0. The lowest BCUT2D eigenvalue weighted by molar-refractivity contribution is -0.157. The molecule has 2 N–H and O–H groups in total. The second-order valence-corrected chi connectivity index (χ2v) is 3.80. The van der Waals surface area contributed by atoms with Crippen LogP contribution in [-0.4, -0.2) is 53.5 Å². The Kier molecular flexibility index (Phi) is 4.92. The summed E-state index contributed by atoms with van der Waals surface area (Å²) >= 11 is 5.26. The normalized spacial score (nSPS) is 28.2. The summed E-state index contributed by atoms with van der Waals surface area (Å²) in [4.78, 5) is 22.3. The minimum atomic E-state index is -1.29. The van der Waals surface area contributed by atoms with E-state index in [4.69, 9.17) is 16.3 Å². The molecule has 0 radical (unpaired) electrons. The van der Waals surface area contributed by atoms with Gasteiger partial charge in [-0.05, 0) is 6.08 Å². The van der Waals surface area contributed by atoms with Crippen LogP contribution in [0.25, 0.3) is 0 Å². The number of esters is 2. The summed E-state index contributed by atoms with van der Waals surface area (Å²) in [5.41, 5.74) is 0.151. The van der Waals surface area contributed by atoms with Gasteiger partial charge >= 0.3 is 11.9 Å². The lowest BCUT2D eigenvalue weighted by atomic mass is 9.92. The third-order valence-corrected chi connectivity index (χ3v) is 2.58. The summed E-state index contributed by atoms with van der Waals surface area (Å²) in [6, 6.07) is 0. The second-order valence-electron chi connectivity index (χ2n) is 3.53. The van der Waals surface area contributed by atoms with Crippen molar-refractivity contribution in [1.29, 1.82) is 0 Å². The van der Waals surface area contributed by atoms with E-state index in [1.807, 2.05) is 0 Å². The number of hydrogen-bond donors (Lipinski definition) is 2. The number of carbonyl (C=O) groups excluding carboxylic acids is 2. The molecule has 0 aliphatic heterocycles. The number of hydrogen-bond acceptors (Lipinski definition) is 6. The Morgan fingerprint density at radius 3 is 2.71 bits per heavy atom. The van der Waals surface area contributed by atoms with Gasteiger partial charge in [-0.2, -0.15) is 0 Å². The topological polar surface area (TPSA) is 93.1 Å². The van der Waals surface area contributed by atoms with Crippen LogP contribution in [0.2, 0.25) is 0 Å². The van der Waals surface area contributed by atoms with Gasteiger partial charge in [-0.1, -0.05) is 0 Å². The molecule has 0 aromatic carbocycles. The number of aliphatic hydroxyl groups excluding tert-OH is 2. The quantitative estimate of drug-likeness (QED) is 0.520. The number of carbonyl (C=O) groups is 2. The Balaban J connectivity index is 2.78. The van der Waals surface area contributed by atoms with Crippen LogP contribution in [0.5, 0.6) is 0 Å². The molecule has 0 amide bonds. The smallest absolute Gasteiger partial charge is 0.333 e. The summed E-state index contributed by atoms with van der Waals surface area (Å²) in [5.74, 6) is -1.73. The molecule has 7 heteroatoms. The Morgan fingerprint density at radius 2 is 2.18 bits per heavy atom. The summed E-state index contributed by atoms with van der Waals surface area (Å²) in [5, 5.41) is 19.1. The predicted molar refractivity (Wildman–Crippen MR) is 57.3 cm³/mol. The lowest BCUT2D eigenvalue weighted by Crippen LogP contribution is -2.43. The van der Waals surface area contributed by atoms with Crippen LogP contribution < -0.4 is 0 Å². The molecule has 17 heavy (non-hydrogen) atoms. The predicted octanol–water partition coefficient (Wildman–Crippen LogP) is -0.638. The number of methoxy groups -OCH3 is 1. The van der Waals surface area contributed by atoms with E-state index in [9.17, 15) is 19.8 Å². The second kappa shape index (κ2) is 6.00. The highest BCUT2D eigenvalue weighted by atomic mass is 35.5. The fourth-order valence-electron chi connectivity index (χ4n) is 1.52. The van der Waals surface area contributed by atoms with Gasteiger partial charge in [0.05, 0.1) is 7.11 Å². The van der Waals surface area contributed by atoms with Crippen molar-refractivity contribution in [1.82, 2.24) is 0 Å². The van der Waals surface area contributed by atoms with Crippen molar-refractivity contribution in [3.05, 3.63) is 11.6 Å². The average molecular weight is 265 g/mol. The van der Waals surface area contributed by atoms with E-state index in [2.05, 4.69) is 4.74 Å². The molecule has 6 nitrogen and oxygen atoms in total. The zero-order valence-corrected chi connectivity index (χ0v) is 9.88. The molecule has 96 valence electrons. The van der Waals surface area contributed by atoms with Gasteiger partial charge in [0.25, 0.3) is 0 Å². The largest absolute Gasteiger partial charge is 0.466 e. The molecule has 0 heterocycles. The fraction of sp³-hybridized carbons (Fsp3) is 0.600. The van der Waals surface area contributed by atoms with E-state index in [0.717, 1.165) is 0 Å². The zero-order valence-electron chi connectivity index (χ0n) is 9.13. The van der Waals surface area contributed by atoms with E-state index in [1.54, 1.807) is 0 Å². The van der Waals surface area contributed by atoms with Crippen LogP contribution in [0.4, 0.5) is 0 Å². The van der Waals surface area contributed by atoms with Crippen molar-refractivity contribution < 1.29 is 29.3 Å². The third kappa shape index (κ3) is 3.42. The summed E-state index contributed by atoms with van der Waals surface area (Å²) in [6.07, 6.45) is -2.41. The minimum Gasteiger partial charge on any atom is -0.466 e. The molecule has 0 saturated carbocycles. The molecule has 0 unspecified atom stereocenters. The number of halogens is 1. The first-order valence-electron chi connectivity index (χ1n) is 4.90. The lowest BCUT2D eigenvalue weighted by Gasteiger charge is -2.29. The molecule has 0 bridgehead atoms. The summed E-state index contributed by atoms with van der Waals surface area (Å²) in [7, 11) is 1.19. The molecule has 3 atom stereocenters. The van der Waals surface area contributed by atoms with E-state index in [-0.39, 0.29) is 17.9 Å². The Hall–Kier alpha value is -1.11. The number of rotatable bonds is 3. The van der Waals surface area contributed by atoms with E-state index in [0.29, 0.717) is 0 Å². The molecule has 0 aromatic heterocycles. The third-order valence-electron chi connectivity index (χ3n) is 2.36. The van der Waals surface area contributed by atoms with Gasteiger partial charge in [-0.25, -0.2) is 4.79 Å². The molecule has 0 saturated heterocycles. The first-order valence-corrected chi connectivity index (χ1v) is 5.43. The molecule has 1 aliphatic carbocycles. The van der Waals surface area contributed by atoms with E-state index >= 15 is 0 Å². The van der Waals surface area contributed by atoms with Gasteiger partial charge in [-0.3, -0.25) is 4.79 Å². The SMILES string of the molecule is COC(=O)C1=C[C@@H](O)[C@@H](O)[C@H](OC(=O)CCl)C1. The monoisotopic (exact) mass is 264 g/mol. The van der Waals surface area contributed by atoms with Crippen LogP contribution in [0.3, 0.4) is 0 Å². The van der Waals surface area contributed by atoms with Crippen molar-refractivity contribution in [3.63, 3.8) is 0 Å². The molecule has 1 rings (SSSR count). The van der Waals surface area contributed by atoms with Gasteiger partial charge in [0, 0.05) is 12.0 Å². The average Bonchev–Trinajstić information content (AvgIpc) is 2.33. The van der Waals surface area contributed by atoms with Crippen molar-refractivity contribution in [2.75, 3.05) is 13.0 Å². The molecule has 1 aliphatic rings. The maximum Gasteiger partial charge on any atom is 0.333 e. The number of alkyl halides is 1. The number of ether oxygens (including phenoxy) is 2. The minimum absolute atomic E-state index is 0.0203. The summed E-state index contributed by atoms with van der Waals surface area (Å²) in [6.45, 7) is 0. The standard InChI is InChI=1S/C10H13ClO6/c1-16-10(15)5-2-6(12)9(14)7(3-5)17-8(13)4-11/h2,6-7,9,12,14H,3-4H2,1H3/t6-,7-,9-/m1/s1. The van der Waals surface area contributed by atoms with Crippen LogP contribution >= 0.6 is 11.6 Å². The van der Waals surface area contributed by atoms with Gasteiger partial charge in [0.2, 0.25) is 0 Å². The molecule has 0 aromatic rings. The highest BCUT2D eigenvalue weighted by Crippen LogP contribution is 2.23. The number of aliphatic hydroxyl groups is 2. The molecule has 0 fully saturated rings. The van der Waals surface area contributed by atoms with Crippen LogP contribution in [0.15, 0.2) is 11.6 Å². The van der Waals surface area contributed by atoms with Crippen LogP contribution in [-0.2, 0) is 19.1 Å². The van der Waals surface area contributed by atoms with E-state index < -0.39 is 30.3 Å². The van der Waals surface area contributed by atoms with Crippen LogP contribution in [0, 0.1) is 0 Å².